The highest BCUT2D eigenvalue weighted by molar-refractivity contribution is 5.96. The van der Waals surface area contributed by atoms with E-state index in [1.165, 1.54) is 22.1 Å². The van der Waals surface area contributed by atoms with E-state index in [2.05, 4.69) is 4.98 Å². The fraction of sp³-hybridized carbons (Fsp3) is 0.333. The first kappa shape index (κ1) is 19.6. The van der Waals surface area contributed by atoms with Gasteiger partial charge in [0.25, 0.3) is 0 Å². The van der Waals surface area contributed by atoms with Crippen molar-refractivity contribution in [2.75, 3.05) is 37.6 Å². The lowest BCUT2D eigenvalue weighted by Crippen LogP contribution is -2.42. The first-order valence-electron chi connectivity index (χ1n) is 9.66. The average Bonchev–Trinajstić information content (AvgIpc) is 3.36. The van der Waals surface area contributed by atoms with Gasteiger partial charge in [0.05, 0.1) is 23.9 Å². The number of likely N-dealkylation sites (tertiary alicyclic amines) is 1. The van der Waals surface area contributed by atoms with Gasteiger partial charge in [0.15, 0.2) is 0 Å². The number of benzene rings is 1. The van der Waals surface area contributed by atoms with Crippen molar-refractivity contribution in [2.45, 2.75) is 12.5 Å². The van der Waals surface area contributed by atoms with Crippen molar-refractivity contribution >= 4 is 17.6 Å². The van der Waals surface area contributed by atoms with Gasteiger partial charge >= 0.3 is 6.03 Å². The number of hydrogen-bond acceptors (Lipinski definition) is 5. The molecule has 8 nitrogen and oxygen atoms in total. The van der Waals surface area contributed by atoms with Crippen molar-refractivity contribution in [1.29, 1.82) is 5.26 Å². The number of anilines is 1. The Bertz CT molecular complexity index is 1010. The Morgan fingerprint density at radius 2 is 2.10 bits per heavy atom. The van der Waals surface area contributed by atoms with Crippen LogP contribution >= 0.6 is 0 Å². The Hall–Kier alpha value is -3.67. The number of pyridine rings is 1. The van der Waals surface area contributed by atoms with Gasteiger partial charge in [-0.3, -0.25) is 9.69 Å². The Balaban J connectivity index is 1.32. The molecule has 1 atom stereocenters. The van der Waals surface area contributed by atoms with E-state index in [1.807, 2.05) is 6.07 Å². The third-order valence-corrected chi connectivity index (χ3v) is 5.21. The van der Waals surface area contributed by atoms with Gasteiger partial charge in [-0.2, -0.15) is 5.26 Å². The molecule has 0 N–H and O–H groups in total. The number of urea groups is 1. The van der Waals surface area contributed by atoms with Gasteiger partial charge in [-0.25, -0.2) is 14.2 Å². The summed E-state index contributed by atoms with van der Waals surface area (Å²) < 4.78 is 19.8. The Morgan fingerprint density at radius 1 is 1.27 bits per heavy atom. The highest BCUT2D eigenvalue weighted by Gasteiger charge is 2.35. The summed E-state index contributed by atoms with van der Waals surface area (Å²) in [6.45, 7) is 1.53. The van der Waals surface area contributed by atoms with E-state index in [9.17, 15) is 14.0 Å². The lowest BCUT2D eigenvalue weighted by Gasteiger charge is -2.22. The molecule has 3 amide bonds. The summed E-state index contributed by atoms with van der Waals surface area (Å²) in [5.41, 5.74) is 0.678. The summed E-state index contributed by atoms with van der Waals surface area (Å²) in [6.07, 6.45) is 1.92. The number of halogens is 1. The van der Waals surface area contributed by atoms with E-state index < -0.39 is 5.82 Å². The normalized spacial score (nSPS) is 18.6. The molecule has 0 spiro atoms. The summed E-state index contributed by atoms with van der Waals surface area (Å²) in [4.78, 5) is 33.8. The largest absolute Gasteiger partial charge is 0.472 e. The van der Waals surface area contributed by atoms with Gasteiger partial charge in [0.1, 0.15) is 18.5 Å². The van der Waals surface area contributed by atoms with E-state index >= 15 is 0 Å². The zero-order valence-electron chi connectivity index (χ0n) is 16.2. The molecule has 154 valence electrons. The Labute approximate surface area is 173 Å². The highest BCUT2D eigenvalue weighted by atomic mass is 19.1. The lowest BCUT2D eigenvalue weighted by molar-refractivity contribution is -0.130. The van der Waals surface area contributed by atoms with Crippen molar-refractivity contribution in [3.8, 4) is 11.9 Å². The zero-order valence-corrected chi connectivity index (χ0v) is 16.2. The first-order valence-corrected chi connectivity index (χ1v) is 9.66. The number of nitrogens with zero attached hydrogens (tertiary/aromatic N) is 5. The third-order valence-electron chi connectivity index (χ3n) is 5.21. The summed E-state index contributed by atoms with van der Waals surface area (Å²) in [5.74, 6) is -0.292. The van der Waals surface area contributed by atoms with Gasteiger partial charge in [-0.15, -0.1) is 0 Å². The maximum atomic E-state index is 14.0. The minimum atomic E-state index is -0.465. The molecule has 0 radical (unpaired) electrons. The van der Waals surface area contributed by atoms with Gasteiger partial charge in [-0.05, 0) is 18.2 Å². The number of carbonyl (C=O) groups is 2. The Kier molecular flexibility index (Phi) is 5.48. The molecular formula is C21H20FN5O3. The molecule has 0 bridgehead atoms. The molecule has 1 aromatic heterocycles. The summed E-state index contributed by atoms with van der Waals surface area (Å²) in [6, 6.07) is 10.9. The van der Waals surface area contributed by atoms with Crippen LogP contribution in [-0.4, -0.2) is 65.5 Å². The standard InChI is InChI=1S/C21H20FN5O3/c22-17-3-1-2-4-18(17)27-10-9-26(21(27)29)14-20(28)25-8-6-16(13-25)30-19-11-15(12-23)5-7-24-19/h1-5,7,11,16H,6,8-10,13-14H2. The Morgan fingerprint density at radius 3 is 2.90 bits per heavy atom. The summed E-state index contributed by atoms with van der Waals surface area (Å²) in [7, 11) is 0. The molecule has 0 saturated carbocycles. The monoisotopic (exact) mass is 409 g/mol. The molecule has 0 aliphatic carbocycles. The maximum absolute atomic E-state index is 14.0. The molecule has 30 heavy (non-hydrogen) atoms. The van der Waals surface area contributed by atoms with Crippen LogP contribution < -0.4 is 9.64 Å². The molecule has 2 aliphatic rings. The summed E-state index contributed by atoms with van der Waals surface area (Å²) >= 11 is 0. The topological polar surface area (TPSA) is 89.8 Å². The van der Waals surface area contributed by atoms with Crippen molar-refractivity contribution in [3.63, 3.8) is 0 Å². The van der Waals surface area contributed by atoms with Gasteiger partial charge in [0, 0.05) is 38.3 Å². The molecule has 3 heterocycles. The first-order chi connectivity index (χ1) is 14.5. The lowest BCUT2D eigenvalue weighted by atomic mass is 10.3. The SMILES string of the molecule is N#Cc1ccnc(OC2CCN(C(=O)CN3CCN(c4ccccc4F)C3=O)C2)c1. The van der Waals surface area contributed by atoms with Crippen LogP contribution in [0.2, 0.25) is 0 Å². The van der Waals surface area contributed by atoms with E-state index in [0.717, 1.165) is 0 Å². The number of carbonyl (C=O) groups excluding carboxylic acids is 2. The van der Waals surface area contributed by atoms with E-state index in [-0.39, 0.29) is 30.3 Å². The molecule has 2 fully saturated rings. The van der Waals surface area contributed by atoms with Crippen LogP contribution in [0.15, 0.2) is 42.6 Å². The quantitative estimate of drug-likeness (QED) is 0.754. The number of amides is 3. The molecule has 4 rings (SSSR count). The van der Waals surface area contributed by atoms with E-state index in [4.69, 9.17) is 10.00 Å². The molecule has 1 unspecified atom stereocenters. The maximum Gasteiger partial charge on any atom is 0.325 e. The zero-order chi connectivity index (χ0) is 21.1. The number of para-hydroxylation sites is 1. The minimum absolute atomic E-state index is 0.0569. The molecule has 2 aromatic rings. The van der Waals surface area contributed by atoms with E-state index in [0.29, 0.717) is 44.0 Å². The summed E-state index contributed by atoms with van der Waals surface area (Å²) in [5, 5.41) is 8.96. The molecule has 2 saturated heterocycles. The van der Waals surface area contributed by atoms with Gasteiger partial charge in [-0.1, -0.05) is 12.1 Å². The number of ether oxygens (including phenoxy) is 1. The fourth-order valence-electron chi connectivity index (χ4n) is 3.65. The van der Waals surface area contributed by atoms with Crippen LogP contribution in [0.5, 0.6) is 5.88 Å². The van der Waals surface area contributed by atoms with Crippen molar-refractivity contribution in [1.82, 2.24) is 14.8 Å². The predicted molar refractivity (Wildman–Crippen MR) is 105 cm³/mol. The predicted octanol–water partition coefficient (Wildman–Crippen LogP) is 2.01. The second-order valence-electron chi connectivity index (χ2n) is 7.17. The van der Waals surface area contributed by atoms with Crippen molar-refractivity contribution in [3.05, 3.63) is 54.0 Å². The van der Waals surface area contributed by atoms with Gasteiger partial charge in [0.2, 0.25) is 11.8 Å². The van der Waals surface area contributed by atoms with Crippen LogP contribution in [0.25, 0.3) is 0 Å². The van der Waals surface area contributed by atoms with Crippen LogP contribution in [0.3, 0.4) is 0 Å². The number of rotatable bonds is 5. The van der Waals surface area contributed by atoms with Crippen molar-refractivity contribution in [2.24, 2.45) is 0 Å². The number of hydrogen-bond donors (Lipinski definition) is 0. The second kappa shape index (κ2) is 8.37. The minimum Gasteiger partial charge on any atom is -0.472 e. The molecule has 1 aromatic carbocycles. The van der Waals surface area contributed by atoms with Crippen LogP contribution in [0, 0.1) is 17.1 Å². The van der Waals surface area contributed by atoms with Crippen molar-refractivity contribution < 1.29 is 18.7 Å². The smallest absolute Gasteiger partial charge is 0.325 e. The third kappa shape index (κ3) is 4.03. The van der Waals surface area contributed by atoms with Gasteiger partial charge < -0.3 is 14.5 Å². The number of aromatic nitrogens is 1. The molecular weight excluding hydrogens is 389 g/mol. The molecule has 2 aliphatic heterocycles. The fourth-order valence-corrected chi connectivity index (χ4v) is 3.65. The van der Waals surface area contributed by atoms with Crippen LogP contribution in [0.4, 0.5) is 14.9 Å². The molecule has 9 heteroatoms. The van der Waals surface area contributed by atoms with E-state index in [1.54, 1.807) is 35.2 Å². The second-order valence-corrected chi connectivity index (χ2v) is 7.17. The highest BCUT2D eigenvalue weighted by Crippen LogP contribution is 2.24. The van der Waals surface area contributed by atoms with Crippen LogP contribution in [-0.2, 0) is 4.79 Å². The number of nitriles is 1. The van der Waals surface area contributed by atoms with Crippen LogP contribution in [0.1, 0.15) is 12.0 Å². The average molecular weight is 409 g/mol.